The Morgan fingerprint density at radius 1 is 1.22 bits per heavy atom. The fourth-order valence-corrected chi connectivity index (χ4v) is 3.92. The highest BCUT2D eigenvalue weighted by Crippen LogP contribution is 2.30. The predicted molar refractivity (Wildman–Crippen MR) is 99.3 cm³/mol. The first-order valence-electron chi connectivity index (χ1n) is 8.50. The minimum Gasteiger partial charge on any atom is -0.451 e. The molecule has 1 aliphatic rings. The number of hydrogen-bond donors (Lipinski definition) is 1. The summed E-state index contributed by atoms with van der Waals surface area (Å²) in [6, 6.07) is 7.14. The highest BCUT2D eigenvalue weighted by molar-refractivity contribution is 7.14. The van der Waals surface area contributed by atoms with E-state index in [0.29, 0.717) is 10.6 Å². The second-order valence-corrected chi connectivity index (χ2v) is 7.43. The number of likely N-dealkylation sites (N-methyl/N-ethyl adjacent to an activating group) is 1. The number of amides is 2. The molecule has 27 heavy (non-hydrogen) atoms. The summed E-state index contributed by atoms with van der Waals surface area (Å²) >= 11 is 1.41. The summed E-state index contributed by atoms with van der Waals surface area (Å²) in [7, 11) is 1.44. The molecular weight excluding hydrogens is 371 g/mol. The van der Waals surface area contributed by atoms with Crippen LogP contribution in [0.5, 0.6) is 0 Å². The van der Waals surface area contributed by atoms with E-state index in [1.54, 1.807) is 0 Å². The number of esters is 1. The molecule has 1 aromatic carbocycles. The Hall–Kier alpha value is -2.74. The summed E-state index contributed by atoms with van der Waals surface area (Å²) in [6.07, 6.45) is 3.07. The van der Waals surface area contributed by atoms with Gasteiger partial charge in [0.2, 0.25) is 5.91 Å². The molecule has 1 heterocycles. The summed E-state index contributed by atoms with van der Waals surface area (Å²) in [5.74, 6) is -1.84. The zero-order valence-electron chi connectivity index (χ0n) is 14.8. The molecule has 142 valence electrons. The van der Waals surface area contributed by atoms with Crippen molar-refractivity contribution in [3.8, 4) is 0 Å². The number of anilines is 1. The number of carbonyl (C=O) groups is 3. The van der Waals surface area contributed by atoms with Crippen molar-refractivity contribution >= 4 is 34.8 Å². The molecule has 1 N–H and O–H groups in total. The summed E-state index contributed by atoms with van der Waals surface area (Å²) in [5, 5.41) is 2.56. The topological polar surface area (TPSA) is 75.7 Å². The molecule has 3 rings (SSSR count). The maximum Gasteiger partial charge on any atom is 0.348 e. The molecule has 0 spiro atoms. The third-order valence-electron chi connectivity index (χ3n) is 4.21. The molecule has 2 aromatic rings. The number of aryl methyl sites for hydroxylation is 2. The fraction of sp³-hybridized carbons (Fsp3) is 0.316. The molecule has 2 amide bonds. The van der Waals surface area contributed by atoms with E-state index >= 15 is 0 Å². The molecular formula is C19H19FN2O4S. The van der Waals surface area contributed by atoms with Gasteiger partial charge in [-0.25, -0.2) is 9.18 Å². The smallest absolute Gasteiger partial charge is 0.348 e. The number of carbonyl (C=O) groups excluding carboxylic acids is 3. The van der Waals surface area contributed by atoms with Crippen LogP contribution in [0.1, 0.15) is 26.5 Å². The first kappa shape index (κ1) is 19.0. The van der Waals surface area contributed by atoms with E-state index in [0.717, 1.165) is 19.3 Å². The number of nitrogens with one attached hydrogen (secondary N) is 1. The van der Waals surface area contributed by atoms with Crippen LogP contribution in [-0.4, -0.2) is 42.9 Å². The minimum atomic E-state index is -0.521. The van der Waals surface area contributed by atoms with Gasteiger partial charge in [0.25, 0.3) is 5.91 Å². The van der Waals surface area contributed by atoms with Gasteiger partial charge in [-0.1, -0.05) is 0 Å². The second-order valence-electron chi connectivity index (χ2n) is 6.29. The van der Waals surface area contributed by atoms with Crippen LogP contribution >= 0.6 is 11.3 Å². The van der Waals surface area contributed by atoms with Crippen LogP contribution in [-0.2, 0) is 27.2 Å². The Kier molecular flexibility index (Phi) is 5.85. The van der Waals surface area contributed by atoms with Crippen LogP contribution < -0.4 is 5.32 Å². The number of rotatable bonds is 6. The average Bonchev–Trinajstić information content (AvgIpc) is 3.23. The van der Waals surface area contributed by atoms with E-state index in [-0.39, 0.29) is 6.54 Å². The normalized spacial score (nSPS) is 12.4. The van der Waals surface area contributed by atoms with Crippen LogP contribution in [0.15, 0.2) is 30.3 Å². The van der Waals surface area contributed by atoms with Crippen molar-refractivity contribution < 1.29 is 23.5 Å². The molecule has 0 atom stereocenters. The Labute approximate surface area is 159 Å². The van der Waals surface area contributed by atoms with Crippen molar-refractivity contribution in [1.29, 1.82) is 0 Å². The monoisotopic (exact) mass is 390 g/mol. The largest absolute Gasteiger partial charge is 0.451 e. The predicted octanol–water partition coefficient (Wildman–Crippen LogP) is 2.63. The lowest BCUT2D eigenvalue weighted by atomic mass is 10.2. The zero-order valence-corrected chi connectivity index (χ0v) is 15.6. The zero-order chi connectivity index (χ0) is 19.4. The van der Waals surface area contributed by atoms with Crippen molar-refractivity contribution in [2.75, 3.05) is 25.5 Å². The van der Waals surface area contributed by atoms with Crippen molar-refractivity contribution in [2.45, 2.75) is 19.3 Å². The Bertz CT molecular complexity index is 842. The van der Waals surface area contributed by atoms with Gasteiger partial charge in [-0.15, -0.1) is 11.3 Å². The Balaban J connectivity index is 1.44. The van der Waals surface area contributed by atoms with Gasteiger partial charge >= 0.3 is 5.97 Å². The lowest BCUT2D eigenvalue weighted by Crippen LogP contribution is -2.37. The summed E-state index contributed by atoms with van der Waals surface area (Å²) in [4.78, 5) is 39.0. The maximum atomic E-state index is 12.9. The number of hydrogen-bond acceptors (Lipinski definition) is 5. The lowest BCUT2D eigenvalue weighted by molar-refractivity contribution is -0.136. The quantitative estimate of drug-likeness (QED) is 0.770. The second kappa shape index (κ2) is 8.30. The van der Waals surface area contributed by atoms with Gasteiger partial charge in [-0.2, -0.15) is 0 Å². The van der Waals surface area contributed by atoms with Gasteiger partial charge in [0.05, 0.1) is 6.54 Å². The molecule has 1 aliphatic carbocycles. The number of fused-ring (bicyclic) bond motifs is 1. The number of thiophene rings is 1. The number of halogens is 1. The van der Waals surface area contributed by atoms with Crippen molar-refractivity contribution in [1.82, 2.24) is 4.90 Å². The van der Waals surface area contributed by atoms with E-state index in [4.69, 9.17) is 4.74 Å². The van der Waals surface area contributed by atoms with Gasteiger partial charge in [0, 0.05) is 17.6 Å². The third kappa shape index (κ3) is 4.91. The SMILES string of the molecule is CN(CC(=O)Nc1ccc(F)cc1)C(=O)COC(=O)c1cc2c(s1)CCC2. The van der Waals surface area contributed by atoms with Gasteiger partial charge < -0.3 is 15.0 Å². The lowest BCUT2D eigenvalue weighted by Gasteiger charge is -2.16. The highest BCUT2D eigenvalue weighted by atomic mass is 32.1. The average molecular weight is 390 g/mol. The van der Waals surface area contributed by atoms with E-state index in [2.05, 4.69) is 5.32 Å². The molecule has 0 saturated carbocycles. The number of benzene rings is 1. The van der Waals surface area contributed by atoms with Gasteiger partial charge in [0.15, 0.2) is 6.61 Å². The summed E-state index contributed by atoms with van der Waals surface area (Å²) in [5.41, 5.74) is 1.62. The Morgan fingerprint density at radius 3 is 2.67 bits per heavy atom. The van der Waals surface area contributed by atoms with Crippen LogP contribution in [0, 0.1) is 5.82 Å². The van der Waals surface area contributed by atoms with Gasteiger partial charge in [-0.05, 0) is 55.2 Å². The van der Waals surface area contributed by atoms with Crippen molar-refractivity contribution in [3.63, 3.8) is 0 Å². The first-order valence-corrected chi connectivity index (χ1v) is 9.32. The Morgan fingerprint density at radius 2 is 1.96 bits per heavy atom. The molecule has 0 aliphatic heterocycles. The number of nitrogens with zero attached hydrogens (tertiary/aromatic N) is 1. The van der Waals surface area contributed by atoms with Crippen LogP contribution in [0.4, 0.5) is 10.1 Å². The fourth-order valence-electron chi connectivity index (χ4n) is 2.78. The van der Waals surface area contributed by atoms with Crippen LogP contribution in [0.2, 0.25) is 0 Å². The van der Waals surface area contributed by atoms with Gasteiger partial charge in [-0.3, -0.25) is 9.59 Å². The highest BCUT2D eigenvalue weighted by Gasteiger charge is 2.21. The molecule has 0 saturated heterocycles. The molecule has 0 bridgehead atoms. The third-order valence-corrected chi connectivity index (χ3v) is 5.43. The molecule has 1 aromatic heterocycles. The molecule has 6 nitrogen and oxygen atoms in total. The number of ether oxygens (including phenoxy) is 1. The standard InChI is InChI=1S/C19H19FN2O4S/c1-22(10-17(23)21-14-7-5-13(20)6-8-14)18(24)11-26-19(25)16-9-12-3-2-4-15(12)27-16/h5-9H,2-4,10-11H2,1H3,(H,21,23). The molecule has 0 fully saturated rings. The minimum absolute atomic E-state index is 0.207. The van der Waals surface area contributed by atoms with Crippen LogP contribution in [0.25, 0.3) is 0 Å². The summed E-state index contributed by atoms with van der Waals surface area (Å²) in [6.45, 7) is -0.636. The maximum absolute atomic E-state index is 12.9. The summed E-state index contributed by atoms with van der Waals surface area (Å²) < 4.78 is 17.9. The van der Waals surface area contributed by atoms with E-state index in [1.165, 1.54) is 58.0 Å². The van der Waals surface area contributed by atoms with Crippen LogP contribution in [0.3, 0.4) is 0 Å². The van der Waals surface area contributed by atoms with E-state index < -0.39 is 30.2 Å². The molecule has 8 heteroatoms. The van der Waals surface area contributed by atoms with Crippen molar-refractivity contribution in [3.05, 3.63) is 51.5 Å². The molecule has 0 unspecified atom stereocenters. The first-order chi connectivity index (χ1) is 12.9. The van der Waals surface area contributed by atoms with Gasteiger partial charge in [0.1, 0.15) is 10.7 Å². The van der Waals surface area contributed by atoms with E-state index in [1.807, 2.05) is 6.07 Å². The van der Waals surface area contributed by atoms with E-state index in [9.17, 15) is 18.8 Å². The molecule has 0 radical (unpaired) electrons. The van der Waals surface area contributed by atoms with Crippen molar-refractivity contribution in [2.24, 2.45) is 0 Å².